The largest absolute Gasteiger partial charge is 0.352 e. The van der Waals surface area contributed by atoms with Gasteiger partial charge in [0, 0.05) is 37.3 Å². The molecule has 0 spiro atoms. The molecule has 0 aliphatic heterocycles. The van der Waals surface area contributed by atoms with Crippen LogP contribution in [-0.2, 0) is 12.8 Å². The van der Waals surface area contributed by atoms with E-state index in [1.807, 2.05) is 56.2 Å². The molecule has 0 aliphatic carbocycles. The van der Waals surface area contributed by atoms with Crippen LogP contribution in [0, 0.1) is 0 Å². The average Bonchev–Trinajstić information content (AvgIpc) is 2.94. The Balaban J connectivity index is 1.86. The third-order valence-electron chi connectivity index (χ3n) is 3.40. The highest BCUT2D eigenvalue weighted by molar-refractivity contribution is 7.98. The fourth-order valence-corrected chi connectivity index (χ4v) is 3.02. The van der Waals surface area contributed by atoms with Gasteiger partial charge in [0.2, 0.25) is 0 Å². The van der Waals surface area contributed by atoms with Crippen LogP contribution in [0.2, 0.25) is 0 Å². The summed E-state index contributed by atoms with van der Waals surface area (Å²) in [6, 6.07) is 7.79. The van der Waals surface area contributed by atoms with E-state index in [0.717, 1.165) is 29.4 Å². The lowest BCUT2D eigenvalue weighted by Gasteiger charge is -2.10. The zero-order valence-corrected chi connectivity index (χ0v) is 14.8. The highest BCUT2D eigenvalue weighted by Gasteiger charge is 2.07. The summed E-state index contributed by atoms with van der Waals surface area (Å²) in [5, 5.41) is 3.95. The monoisotopic (exact) mass is 332 g/mol. The number of thioether (sulfide) groups is 1. The summed E-state index contributed by atoms with van der Waals surface area (Å²) in [6.07, 6.45) is 4.67. The van der Waals surface area contributed by atoms with Crippen molar-refractivity contribution in [3.8, 4) is 0 Å². The zero-order chi connectivity index (χ0) is 16.7. The number of aryl methyl sites for hydroxylation is 1. The Morgan fingerprint density at radius 1 is 1.39 bits per heavy atom. The summed E-state index contributed by atoms with van der Waals surface area (Å²) in [7, 11) is 6.04. The number of amides is 1. The van der Waals surface area contributed by atoms with Gasteiger partial charge < -0.3 is 14.8 Å². The van der Waals surface area contributed by atoms with E-state index in [1.54, 1.807) is 18.0 Å². The number of nitrogens with zero attached hydrogens (tertiary/aromatic N) is 3. The third-order valence-corrected chi connectivity index (χ3v) is 4.53. The Morgan fingerprint density at radius 2 is 2.22 bits per heavy atom. The third kappa shape index (κ3) is 5.73. The van der Waals surface area contributed by atoms with E-state index >= 15 is 0 Å². The van der Waals surface area contributed by atoms with E-state index in [2.05, 4.69) is 15.2 Å². The Hall–Kier alpha value is -1.79. The summed E-state index contributed by atoms with van der Waals surface area (Å²) in [5.41, 5.74) is 1.84. The van der Waals surface area contributed by atoms with E-state index in [0.29, 0.717) is 12.1 Å². The van der Waals surface area contributed by atoms with E-state index in [1.165, 1.54) is 0 Å². The fraction of sp³-hybridized carbons (Fsp3) is 0.412. The minimum Gasteiger partial charge on any atom is -0.352 e. The van der Waals surface area contributed by atoms with Gasteiger partial charge in [-0.1, -0.05) is 23.9 Å². The molecule has 1 amide bonds. The number of carbonyl (C=O) groups excluding carboxylic acids is 1. The molecule has 23 heavy (non-hydrogen) atoms. The van der Waals surface area contributed by atoms with Crippen molar-refractivity contribution in [2.45, 2.75) is 17.3 Å². The molecule has 0 fully saturated rings. The number of benzene rings is 1. The Kier molecular flexibility index (Phi) is 6.67. The highest BCUT2D eigenvalue weighted by Crippen LogP contribution is 2.20. The molecule has 0 unspecified atom stereocenters. The van der Waals surface area contributed by atoms with Crippen LogP contribution in [0.1, 0.15) is 22.3 Å². The van der Waals surface area contributed by atoms with Gasteiger partial charge >= 0.3 is 0 Å². The summed E-state index contributed by atoms with van der Waals surface area (Å²) in [5.74, 6) is 0.791. The Labute approximate surface area is 142 Å². The molecule has 0 aliphatic rings. The van der Waals surface area contributed by atoms with E-state index in [-0.39, 0.29) is 5.91 Å². The SMILES string of the molecule is CN(C)CCCNC(=O)c1cccc(CSc2nccn2C)c1. The van der Waals surface area contributed by atoms with Crippen molar-refractivity contribution in [3.63, 3.8) is 0 Å². The summed E-state index contributed by atoms with van der Waals surface area (Å²) in [6.45, 7) is 1.67. The van der Waals surface area contributed by atoms with Crippen molar-refractivity contribution in [3.05, 3.63) is 47.8 Å². The van der Waals surface area contributed by atoms with E-state index in [4.69, 9.17) is 0 Å². The van der Waals surface area contributed by atoms with Gasteiger partial charge in [0.25, 0.3) is 5.91 Å². The number of imidazole rings is 1. The summed E-state index contributed by atoms with van der Waals surface area (Å²) in [4.78, 5) is 18.6. The number of hydrogen-bond donors (Lipinski definition) is 1. The number of aromatic nitrogens is 2. The molecule has 2 aromatic rings. The molecule has 124 valence electrons. The molecule has 1 aromatic carbocycles. The second-order valence-corrected chi connectivity index (χ2v) is 6.67. The predicted octanol–water partition coefficient (Wildman–Crippen LogP) is 2.39. The second kappa shape index (κ2) is 8.74. The lowest BCUT2D eigenvalue weighted by Crippen LogP contribution is -2.27. The zero-order valence-electron chi connectivity index (χ0n) is 14.0. The van der Waals surface area contributed by atoms with Gasteiger partial charge in [-0.05, 0) is 44.8 Å². The van der Waals surface area contributed by atoms with Crippen LogP contribution in [0.15, 0.2) is 41.8 Å². The van der Waals surface area contributed by atoms with Crippen LogP contribution in [0.5, 0.6) is 0 Å². The average molecular weight is 332 g/mol. The predicted molar refractivity (Wildman–Crippen MR) is 94.7 cm³/mol. The molecule has 1 aromatic heterocycles. The van der Waals surface area contributed by atoms with Gasteiger partial charge in [0.05, 0.1) is 0 Å². The maximum absolute atomic E-state index is 12.2. The molecular formula is C17H24N4OS. The summed E-state index contributed by atoms with van der Waals surface area (Å²) < 4.78 is 1.99. The molecule has 5 nitrogen and oxygen atoms in total. The van der Waals surface area contributed by atoms with Gasteiger partial charge in [-0.2, -0.15) is 0 Å². The van der Waals surface area contributed by atoms with Crippen molar-refractivity contribution >= 4 is 17.7 Å². The molecule has 0 saturated heterocycles. The van der Waals surface area contributed by atoms with E-state index in [9.17, 15) is 4.79 Å². The van der Waals surface area contributed by atoms with Crippen LogP contribution in [0.4, 0.5) is 0 Å². The Bertz CT molecular complexity index is 639. The molecule has 1 heterocycles. The lowest BCUT2D eigenvalue weighted by atomic mass is 10.1. The molecule has 1 N–H and O–H groups in total. The van der Waals surface area contributed by atoms with Crippen LogP contribution >= 0.6 is 11.8 Å². The lowest BCUT2D eigenvalue weighted by molar-refractivity contribution is 0.0952. The first-order valence-electron chi connectivity index (χ1n) is 7.68. The van der Waals surface area contributed by atoms with Crippen molar-refractivity contribution in [2.75, 3.05) is 27.2 Å². The first kappa shape index (κ1) is 17.6. The van der Waals surface area contributed by atoms with Gasteiger partial charge in [-0.15, -0.1) is 0 Å². The van der Waals surface area contributed by atoms with Crippen LogP contribution in [0.3, 0.4) is 0 Å². The number of nitrogens with one attached hydrogen (secondary N) is 1. The van der Waals surface area contributed by atoms with Gasteiger partial charge in [-0.25, -0.2) is 4.98 Å². The van der Waals surface area contributed by atoms with Gasteiger partial charge in [-0.3, -0.25) is 4.79 Å². The number of hydrogen-bond acceptors (Lipinski definition) is 4. The second-order valence-electron chi connectivity index (χ2n) is 5.72. The first-order chi connectivity index (χ1) is 11.1. The molecule has 0 radical (unpaired) electrons. The molecule has 0 saturated carbocycles. The minimum atomic E-state index is -0.00685. The molecule has 0 bridgehead atoms. The minimum absolute atomic E-state index is 0.00685. The van der Waals surface area contributed by atoms with Gasteiger partial charge in [0.15, 0.2) is 5.16 Å². The van der Waals surface area contributed by atoms with Crippen LogP contribution in [-0.4, -0.2) is 47.5 Å². The standard InChI is InChI=1S/C17H24N4OS/c1-20(2)10-5-8-18-16(22)15-7-4-6-14(12-15)13-23-17-19-9-11-21(17)3/h4,6-7,9,11-12H,5,8,10,13H2,1-3H3,(H,18,22). The molecule has 2 rings (SSSR count). The maximum Gasteiger partial charge on any atom is 0.251 e. The molecule has 6 heteroatoms. The Morgan fingerprint density at radius 3 is 2.91 bits per heavy atom. The number of rotatable bonds is 8. The van der Waals surface area contributed by atoms with Crippen molar-refractivity contribution in [1.82, 2.24) is 19.8 Å². The smallest absolute Gasteiger partial charge is 0.251 e. The van der Waals surface area contributed by atoms with Crippen molar-refractivity contribution < 1.29 is 4.79 Å². The van der Waals surface area contributed by atoms with Crippen molar-refractivity contribution in [2.24, 2.45) is 7.05 Å². The van der Waals surface area contributed by atoms with Crippen LogP contribution < -0.4 is 5.32 Å². The number of carbonyl (C=O) groups is 1. The van der Waals surface area contributed by atoms with Crippen molar-refractivity contribution in [1.29, 1.82) is 0 Å². The summed E-state index contributed by atoms with van der Waals surface area (Å²) >= 11 is 1.67. The highest BCUT2D eigenvalue weighted by atomic mass is 32.2. The maximum atomic E-state index is 12.2. The normalized spacial score (nSPS) is 11.0. The molecular weight excluding hydrogens is 308 g/mol. The van der Waals surface area contributed by atoms with Crippen LogP contribution in [0.25, 0.3) is 0 Å². The topological polar surface area (TPSA) is 50.2 Å². The molecule has 0 atom stereocenters. The van der Waals surface area contributed by atoms with Gasteiger partial charge in [0.1, 0.15) is 0 Å². The quantitative estimate of drug-likeness (QED) is 0.596. The first-order valence-corrected chi connectivity index (χ1v) is 8.67. The van der Waals surface area contributed by atoms with E-state index < -0.39 is 0 Å². The fourth-order valence-electron chi connectivity index (χ4n) is 2.14.